The molecule has 0 saturated heterocycles. The summed E-state index contributed by atoms with van der Waals surface area (Å²) in [5.74, 6) is -1.00. The summed E-state index contributed by atoms with van der Waals surface area (Å²) >= 11 is 3.10. The molecule has 0 spiro atoms. The van der Waals surface area contributed by atoms with Crippen LogP contribution in [-0.4, -0.2) is 16.2 Å². The van der Waals surface area contributed by atoms with Gasteiger partial charge in [-0.15, -0.1) is 0 Å². The third-order valence-corrected chi connectivity index (χ3v) is 4.89. The summed E-state index contributed by atoms with van der Waals surface area (Å²) in [6.45, 7) is 1.38. The molecule has 1 unspecified atom stereocenters. The first-order valence-corrected chi connectivity index (χ1v) is 8.20. The molecule has 3 nitrogen and oxygen atoms in total. The van der Waals surface area contributed by atoms with Crippen LogP contribution in [-0.2, 0) is 9.59 Å². The second-order valence-corrected chi connectivity index (χ2v) is 6.87. The predicted molar refractivity (Wildman–Crippen MR) is 93.2 cm³/mol. The van der Waals surface area contributed by atoms with E-state index in [4.69, 9.17) is 0 Å². The second-order valence-electron chi connectivity index (χ2n) is 4.43. The monoisotopic (exact) mass is 412 g/mol. The van der Waals surface area contributed by atoms with Gasteiger partial charge in [0.2, 0.25) is 0 Å². The van der Waals surface area contributed by atoms with E-state index in [0.717, 1.165) is 26.5 Å². The fourth-order valence-electron chi connectivity index (χ4n) is 1.96. The van der Waals surface area contributed by atoms with Crippen molar-refractivity contribution >= 4 is 45.4 Å². The van der Waals surface area contributed by atoms with E-state index in [9.17, 15) is 14.7 Å². The minimum Gasteiger partial charge on any atom is -0.480 e. The van der Waals surface area contributed by atoms with Crippen molar-refractivity contribution in [2.24, 2.45) is 0 Å². The zero-order valence-corrected chi connectivity index (χ0v) is 14.2. The summed E-state index contributed by atoms with van der Waals surface area (Å²) in [5.41, 5.74) is 2.76. The number of benzene rings is 2. The van der Waals surface area contributed by atoms with Gasteiger partial charge in [0.1, 0.15) is 5.25 Å². The summed E-state index contributed by atoms with van der Waals surface area (Å²) < 4.78 is 1.13. The lowest BCUT2D eigenvalue weighted by atomic mass is 10.0. The van der Waals surface area contributed by atoms with E-state index < -0.39 is 11.2 Å². The minimum absolute atomic E-state index is 0.205. The van der Waals surface area contributed by atoms with Gasteiger partial charge in [0, 0.05) is 10.5 Å². The van der Waals surface area contributed by atoms with Gasteiger partial charge in [0.15, 0.2) is 5.12 Å². The van der Waals surface area contributed by atoms with E-state index >= 15 is 0 Å². The van der Waals surface area contributed by atoms with E-state index in [1.165, 1.54) is 6.92 Å². The number of hydrogen-bond donors (Lipinski definition) is 1. The number of carbonyl (C=O) groups excluding carboxylic acids is 1. The van der Waals surface area contributed by atoms with Crippen molar-refractivity contribution in [1.29, 1.82) is 0 Å². The maximum Gasteiger partial charge on any atom is 0.321 e. The highest BCUT2D eigenvalue weighted by Gasteiger charge is 2.22. The molecule has 0 radical (unpaired) electrons. The highest BCUT2D eigenvalue weighted by atomic mass is 127. The van der Waals surface area contributed by atoms with Crippen molar-refractivity contribution in [3.05, 3.63) is 57.7 Å². The van der Waals surface area contributed by atoms with Gasteiger partial charge in [-0.3, -0.25) is 9.59 Å². The summed E-state index contributed by atoms with van der Waals surface area (Å²) in [4.78, 5) is 22.4. The largest absolute Gasteiger partial charge is 0.480 e. The maximum absolute atomic E-state index is 11.3. The number of carbonyl (C=O) groups is 2. The van der Waals surface area contributed by atoms with Gasteiger partial charge >= 0.3 is 5.97 Å². The highest BCUT2D eigenvalue weighted by molar-refractivity contribution is 14.1. The molecular formula is C16H13IO3S. The number of thioether (sulfide) groups is 1. The molecule has 0 saturated carbocycles. The van der Waals surface area contributed by atoms with Crippen molar-refractivity contribution in [3.8, 4) is 11.1 Å². The topological polar surface area (TPSA) is 54.4 Å². The molecule has 2 aromatic rings. The van der Waals surface area contributed by atoms with Crippen LogP contribution in [0.5, 0.6) is 0 Å². The van der Waals surface area contributed by atoms with Gasteiger partial charge in [-0.1, -0.05) is 54.2 Å². The van der Waals surface area contributed by atoms with E-state index in [1.807, 2.05) is 36.4 Å². The molecular weight excluding hydrogens is 399 g/mol. The van der Waals surface area contributed by atoms with Crippen molar-refractivity contribution in [2.75, 3.05) is 0 Å². The molecule has 108 valence electrons. The molecule has 0 fully saturated rings. The normalized spacial score (nSPS) is 11.9. The molecule has 0 amide bonds. The van der Waals surface area contributed by atoms with E-state index in [-0.39, 0.29) is 5.12 Å². The first-order chi connectivity index (χ1) is 9.99. The van der Waals surface area contributed by atoms with Crippen LogP contribution >= 0.6 is 34.4 Å². The lowest BCUT2D eigenvalue weighted by molar-refractivity contribution is -0.136. The van der Waals surface area contributed by atoms with E-state index in [0.29, 0.717) is 5.56 Å². The lowest BCUT2D eigenvalue weighted by Gasteiger charge is -2.11. The van der Waals surface area contributed by atoms with Crippen molar-refractivity contribution in [3.63, 3.8) is 0 Å². The number of rotatable bonds is 4. The zero-order valence-electron chi connectivity index (χ0n) is 11.2. The number of aliphatic carboxylic acids is 1. The Morgan fingerprint density at radius 1 is 1.10 bits per heavy atom. The molecule has 5 heteroatoms. The maximum atomic E-state index is 11.3. The van der Waals surface area contributed by atoms with Gasteiger partial charge in [-0.2, -0.15) is 0 Å². The number of carboxylic acids is 1. The summed E-state index contributed by atoms with van der Waals surface area (Å²) in [6.07, 6.45) is 0. The Hall–Kier alpha value is -1.34. The second kappa shape index (κ2) is 7.09. The highest BCUT2D eigenvalue weighted by Crippen LogP contribution is 2.32. The standard InChI is InChI=1S/C16H13IO3S/c1-10(18)21-15(16(19)20)12-8-6-11(7-9-12)13-4-2-3-5-14(13)17/h2-9,15H,1H3,(H,19,20). The molecule has 2 rings (SSSR count). The molecule has 0 bridgehead atoms. The van der Waals surface area contributed by atoms with Crippen molar-refractivity contribution in [2.45, 2.75) is 12.2 Å². The first-order valence-electron chi connectivity index (χ1n) is 6.24. The summed E-state index contributed by atoms with van der Waals surface area (Å²) in [6, 6.07) is 15.3. The van der Waals surface area contributed by atoms with Gasteiger partial charge in [-0.25, -0.2) is 0 Å². The van der Waals surface area contributed by atoms with Crippen LogP contribution in [0.25, 0.3) is 11.1 Å². The third kappa shape index (κ3) is 4.07. The van der Waals surface area contributed by atoms with Crippen LogP contribution in [0, 0.1) is 3.57 Å². The van der Waals surface area contributed by atoms with Crippen molar-refractivity contribution < 1.29 is 14.7 Å². The van der Waals surface area contributed by atoms with Gasteiger partial charge in [0.25, 0.3) is 0 Å². The van der Waals surface area contributed by atoms with Crippen LogP contribution in [0.2, 0.25) is 0 Å². The average Bonchev–Trinajstić information content (AvgIpc) is 2.45. The summed E-state index contributed by atoms with van der Waals surface area (Å²) in [7, 11) is 0. The molecule has 1 N–H and O–H groups in total. The van der Waals surface area contributed by atoms with Crippen LogP contribution in [0.3, 0.4) is 0 Å². The molecule has 0 aliphatic heterocycles. The summed E-state index contributed by atoms with van der Waals surface area (Å²) in [5, 5.41) is 8.17. The van der Waals surface area contributed by atoms with Crippen molar-refractivity contribution in [1.82, 2.24) is 0 Å². The smallest absolute Gasteiger partial charge is 0.321 e. The Bertz CT molecular complexity index is 667. The zero-order chi connectivity index (χ0) is 15.4. The Morgan fingerprint density at radius 2 is 1.71 bits per heavy atom. The lowest BCUT2D eigenvalue weighted by Crippen LogP contribution is -2.09. The fourth-order valence-corrected chi connectivity index (χ4v) is 3.38. The molecule has 0 heterocycles. The van der Waals surface area contributed by atoms with Crippen LogP contribution in [0.4, 0.5) is 0 Å². The molecule has 21 heavy (non-hydrogen) atoms. The third-order valence-electron chi connectivity index (χ3n) is 2.91. The molecule has 0 aliphatic rings. The Balaban J connectivity index is 2.32. The van der Waals surface area contributed by atoms with Crippen LogP contribution in [0.15, 0.2) is 48.5 Å². The van der Waals surface area contributed by atoms with Crippen LogP contribution < -0.4 is 0 Å². The first kappa shape index (κ1) is 16.0. The minimum atomic E-state index is -1.00. The molecule has 2 aromatic carbocycles. The molecule has 0 aromatic heterocycles. The Kier molecular flexibility index (Phi) is 5.41. The van der Waals surface area contributed by atoms with E-state index in [2.05, 4.69) is 22.6 Å². The van der Waals surface area contributed by atoms with E-state index in [1.54, 1.807) is 12.1 Å². The van der Waals surface area contributed by atoms with Gasteiger partial charge < -0.3 is 5.11 Å². The fraction of sp³-hybridized carbons (Fsp3) is 0.125. The van der Waals surface area contributed by atoms with Gasteiger partial charge in [-0.05, 0) is 45.3 Å². The quantitative estimate of drug-likeness (QED) is 0.759. The molecule has 0 aliphatic carbocycles. The Morgan fingerprint density at radius 3 is 2.24 bits per heavy atom. The average molecular weight is 412 g/mol. The SMILES string of the molecule is CC(=O)SC(C(=O)O)c1ccc(-c2ccccc2I)cc1. The van der Waals surface area contributed by atoms with Gasteiger partial charge in [0.05, 0.1) is 0 Å². The number of carboxylic acid groups (broad SMARTS) is 1. The number of hydrogen-bond acceptors (Lipinski definition) is 3. The molecule has 1 atom stereocenters. The number of halogens is 1. The predicted octanol–water partition coefficient (Wildman–Crippen LogP) is 4.36. The Labute approximate surface area is 140 Å². The van der Waals surface area contributed by atoms with Crippen LogP contribution in [0.1, 0.15) is 17.7 Å².